The van der Waals surface area contributed by atoms with Crippen LogP contribution < -0.4 is 5.73 Å². The fourth-order valence-electron chi connectivity index (χ4n) is 1.12. The number of nitrogens with two attached hydrogens (primary N) is 1. The Balaban J connectivity index is 0. The zero-order valence-electron chi connectivity index (χ0n) is 12.4. The highest BCUT2D eigenvalue weighted by Crippen LogP contribution is 2.27. The standard InChI is InChI=1S/C8H13Cl3O2.C5H9NO3/c1-2-3-4-5-6-13-7(12)8(9,10)11;6-3-4(7)1-2-5(8)9/h2-6H2,1H3;1-3,6H2,(H,8,9). The lowest BCUT2D eigenvalue weighted by Gasteiger charge is -2.09. The Kier molecular flexibility index (Phi) is 15.1. The van der Waals surface area contributed by atoms with Gasteiger partial charge in [-0.3, -0.25) is 9.59 Å². The molecule has 0 aliphatic carbocycles. The van der Waals surface area contributed by atoms with Crippen LogP contribution in [0.2, 0.25) is 0 Å². The van der Waals surface area contributed by atoms with Crippen LogP contribution in [0.5, 0.6) is 0 Å². The molecule has 0 rings (SSSR count). The second-order valence-corrected chi connectivity index (χ2v) is 6.61. The van der Waals surface area contributed by atoms with E-state index in [9.17, 15) is 14.4 Å². The maximum atomic E-state index is 10.9. The van der Waals surface area contributed by atoms with Crippen LogP contribution in [0.4, 0.5) is 0 Å². The van der Waals surface area contributed by atoms with Crippen molar-refractivity contribution in [2.45, 2.75) is 49.2 Å². The molecule has 0 radical (unpaired) electrons. The SMILES string of the molecule is CCCCCCOC(=O)C(Cl)(Cl)Cl.NCC(=O)CCC(=O)O. The van der Waals surface area contributed by atoms with Gasteiger partial charge in [-0.2, -0.15) is 0 Å². The number of Topliss-reactive ketones (excluding diaryl/α,β-unsaturated/α-hetero) is 1. The summed E-state index contributed by atoms with van der Waals surface area (Å²) >= 11 is 15.8. The number of ketones is 1. The molecule has 0 aliphatic heterocycles. The number of alkyl halides is 3. The average molecular weight is 379 g/mol. The van der Waals surface area contributed by atoms with E-state index in [1.807, 2.05) is 0 Å². The third-order valence-corrected chi connectivity index (χ3v) is 2.77. The number of carbonyl (C=O) groups is 3. The van der Waals surface area contributed by atoms with Gasteiger partial charge in [-0.25, -0.2) is 4.79 Å². The molecule has 9 heteroatoms. The van der Waals surface area contributed by atoms with Gasteiger partial charge in [0, 0.05) is 6.42 Å². The van der Waals surface area contributed by atoms with Gasteiger partial charge in [0.05, 0.1) is 19.6 Å². The fraction of sp³-hybridized carbons (Fsp3) is 0.769. The average Bonchev–Trinajstić information content (AvgIpc) is 2.43. The summed E-state index contributed by atoms with van der Waals surface area (Å²) in [5, 5.41) is 8.06. The maximum absolute atomic E-state index is 10.9. The third-order valence-electron chi connectivity index (χ3n) is 2.31. The molecule has 6 nitrogen and oxygen atoms in total. The Bertz CT molecular complexity index is 345. The van der Waals surface area contributed by atoms with E-state index in [1.54, 1.807) is 0 Å². The van der Waals surface area contributed by atoms with Crippen molar-refractivity contribution in [3.63, 3.8) is 0 Å². The number of unbranched alkanes of at least 4 members (excludes halogenated alkanes) is 3. The van der Waals surface area contributed by atoms with Gasteiger partial charge in [0.15, 0.2) is 0 Å². The van der Waals surface area contributed by atoms with Crippen LogP contribution >= 0.6 is 34.8 Å². The van der Waals surface area contributed by atoms with E-state index in [0.29, 0.717) is 6.61 Å². The van der Waals surface area contributed by atoms with Crippen molar-refractivity contribution in [3.05, 3.63) is 0 Å². The summed E-state index contributed by atoms with van der Waals surface area (Å²) < 4.78 is 2.78. The molecular weight excluding hydrogens is 357 g/mol. The number of rotatable bonds is 9. The molecule has 0 saturated heterocycles. The highest BCUT2D eigenvalue weighted by Gasteiger charge is 2.32. The van der Waals surface area contributed by atoms with E-state index in [2.05, 4.69) is 6.92 Å². The predicted octanol–water partition coefficient (Wildman–Crippen LogP) is 2.86. The second kappa shape index (κ2) is 14.1. The Morgan fingerprint density at radius 1 is 1.09 bits per heavy atom. The first-order valence-corrected chi connectivity index (χ1v) is 7.96. The van der Waals surface area contributed by atoms with Gasteiger partial charge in [0.1, 0.15) is 5.78 Å². The van der Waals surface area contributed by atoms with E-state index in [0.717, 1.165) is 25.7 Å². The molecule has 0 amide bonds. The molecule has 0 saturated carbocycles. The smallest absolute Gasteiger partial charge is 0.358 e. The summed E-state index contributed by atoms with van der Waals surface area (Å²) in [7, 11) is 0. The number of carbonyl (C=O) groups excluding carboxylic acids is 2. The molecule has 0 aromatic heterocycles. The van der Waals surface area contributed by atoms with Gasteiger partial charge < -0.3 is 15.6 Å². The molecule has 130 valence electrons. The molecule has 0 atom stereocenters. The van der Waals surface area contributed by atoms with Crippen molar-refractivity contribution in [2.75, 3.05) is 13.2 Å². The minimum absolute atomic E-state index is 0.0475. The Morgan fingerprint density at radius 3 is 2.09 bits per heavy atom. The summed E-state index contributed by atoms with van der Waals surface area (Å²) in [5.74, 6) is -1.97. The first kappa shape index (κ1) is 23.7. The monoisotopic (exact) mass is 377 g/mol. The molecule has 0 bridgehead atoms. The van der Waals surface area contributed by atoms with Gasteiger partial charge in [0.25, 0.3) is 3.79 Å². The normalized spacial score (nSPS) is 10.4. The van der Waals surface area contributed by atoms with E-state index in [1.165, 1.54) is 0 Å². The summed E-state index contributed by atoms with van der Waals surface area (Å²) in [6.45, 7) is 2.37. The van der Waals surface area contributed by atoms with Crippen LogP contribution in [-0.2, 0) is 19.1 Å². The van der Waals surface area contributed by atoms with Gasteiger partial charge in [-0.15, -0.1) is 0 Å². The molecule has 22 heavy (non-hydrogen) atoms. The molecule has 0 aromatic carbocycles. The molecule has 3 N–H and O–H groups in total. The van der Waals surface area contributed by atoms with Crippen LogP contribution in [-0.4, -0.2) is 39.8 Å². The third kappa shape index (κ3) is 17.5. The van der Waals surface area contributed by atoms with Gasteiger partial charge in [-0.05, 0) is 6.42 Å². The summed E-state index contributed by atoms with van der Waals surface area (Å²) in [6, 6.07) is 0. The number of ether oxygens (including phenoxy) is 1. The lowest BCUT2D eigenvalue weighted by molar-refractivity contribution is -0.142. The highest BCUT2D eigenvalue weighted by atomic mass is 35.6. The number of halogens is 3. The lowest BCUT2D eigenvalue weighted by Crippen LogP contribution is -2.22. The van der Waals surface area contributed by atoms with Crippen LogP contribution in [0.3, 0.4) is 0 Å². The Labute approximate surface area is 145 Å². The quantitative estimate of drug-likeness (QED) is 0.363. The predicted molar refractivity (Wildman–Crippen MR) is 86.3 cm³/mol. The van der Waals surface area contributed by atoms with Gasteiger partial charge in [-0.1, -0.05) is 61.0 Å². The zero-order chi connectivity index (χ0) is 17.6. The van der Waals surface area contributed by atoms with Crippen molar-refractivity contribution in [1.82, 2.24) is 0 Å². The second-order valence-electron chi connectivity index (χ2n) is 4.33. The molecule has 0 unspecified atom stereocenters. The number of carboxylic acids is 1. The van der Waals surface area contributed by atoms with Crippen molar-refractivity contribution in [3.8, 4) is 0 Å². The van der Waals surface area contributed by atoms with Crippen molar-refractivity contribution < 1.29 is 24.2 Å². The number of hydrogen-bond donors (Lipinski definition) is 2. The van der Waals surface area contributed by atoms with Crippen LogP contribution in [0.1, 0.15) is 45.4 Å². The van der Waals surface area contributed by atoms with E-state index >= 15 is 0 Å². The largest absolute Gasteiger partial charge is 0.481 e. The molecule has 0 spiro atoms. The molecular formula is C13H22Cl3NO5. The summed E-state index contributed by atoms with van der Waals surface area (Å²) in [4.78, 5) is 31.0. The van der Waals surface area contributed by atoms with Crippen LogP contribution in [0.15, 0.2) is 0 Å². The Hall–Kier alpha value is -0.560. The van der Waals surface area contributed by atoms with Gasteiger partial charge >= 0.3 is 11.9 Å². The molecule has 0 aliphatic rings. The summed E-state index contributed by atoms with van der Waals surface area (Å²) in [5.41, 5.74) is 4.92. The lowest BCUT2D eigenvalue weighted by atomic mass is 10.2. The molecule has 0 fully saturated rings. The summed E-state index contributed by atoms with van der Waals surface area (Å²) in [6.07, 6.45) is 4.05. The van der Waals surface area contributed by atoms with Crippen molar-refractivity contribution in [1.29, 1.82) is 0 Å². The highest BCUT2D eigenvalue weighted by molar-refractivity contribution is 6.75. The maximum Gasteiger partial charge on any atom is 0.358 e. The number of aliphatic carboxylic acids is 1. The van der Waals surface area contributed by atoms with E-state index in [-0.39, 0.29) is 25.2 Å². The van der Waals surface area contributed by atoms with Crippen molar-refractivity contribution in [2.24, 2.45) is 5.73 Å². The first-order valence-electron chi connectivity index (χ1n) is 6.82. The fourth-order valence-corrected chi connectivity index (χ4v) is 1.29. The van der Waals surface area contributed by atoms with Crippen molar-refractivity contribution >= 4 is 52.5 Å². The van der Waals surface area contributed by atoms with Crippen LogP contribution in [0, 0.1) is 0 Å². The number of hydrogen-bond acceptors (Lipinski definition) is 5. The first-order chi connectivity index (χ1) is 10.1. The Morgan fingerprint density at radius 2 is 1.68 bits per heavy atom. The van der Waals surface area contributed by atoms with E-state index < -0.39 is 15.7 Å². The van der Waals surface area contributed by atoms with Gasteiger partial charge in [0.2, 0.25) is 0 Å². The zero-order valence-corrected chi connectivity index (χ0v) is 14.7. The van der Waals surface area contributed by atoms with Crippen LogP contribution in [0.25, 0.3) is 0 Å². The van der Waals surface area contributed by atoms with E-state index in [4.69, 9.17) is 50.4 Å². The number of esters is 1. The molecule has 0 aromatic rings. The topological polar surface area (TPSA) is 107 Å². The minimum atomic E-state index is -1.94. The molecule has 0 heterocycles. The number of carboxylic acid groups (broad SMARTS) is 1. The minimum Gasteiger partial charge on any atom is -0.481 e.